The summed E-state index contributed by atoms with van der Waals surface area (Å²) in [5, 5.41) is 3.39. The number of aryl methyl sites for hydroxylation is 1. The van der Waals surface area contributed by atoms with Gasteiger partial charge in [-0.1, -0.05) is 0 Å². The number of ether oxygens (including phenoxy) is 2. The minimum absolute atomic E-state index is 0.213. The standard InChI is InChI=1S/C19H28N2O3/c1-13-9-16(23-3)17(24-4)10-14(13)12-21(2)18(22)15-11-19(15)5-7-20-8-6-19/h9-10,15,20H,5-8,11-12H2,1-4H3. The van der Waals surface area contributed by atoms with Crippen LogP contribution in [-0.4, -0.2) is 45.2 Å². The first-order valence-electron chi connectivity index (χ1n) is 8.68. The lowest BCUT2D eigenvalue weighted by molar-refractivity contribution is -0.132. The van der Waals surface area contributed by atoms with Crippen molar-refractivity contribution in [3.05, 3.63) is 23.3 Å². The van der Waals surface area contributed by atoms with Gasteiger partial charge in [0.25, 0.3) is 0 Å². The van der Waals surface area contributed by atoms with Gasteiger partial charge in [0.05, 0.1) is 14.2 Å². The maximum atomic E-state index is 12.8. The number of carbonyl (C=O) groups is 1. The Bertz CT molecular complexity index is 623. The van der Waals surface area contributed by atoms with E-state index in [1.54, 1.807) is 14.2 Å². The van der Waals surface area contributed by atoms with Gasteiger partial charge in [0.15, 0.2) is 11.5 Å². The minimum Gasteiger partial charge on any atom is -0.493 e. The molecule has 1 aliphatic heterocycles. The molecular weight excluding hydrogens is 304 g/mol. The third-order valence-corrected chi connectivity index (χ3v) is 5.71. The predicted octanol–water partition coefficient (Wildman–Crippen LogP) is 2.36. The van der Waals surface area contributed by atoms with Crippen molar-refractivity contribution < 1.29 is 14.3 Å². The topological polar surface area (TPSA) is 50.8 Å². The summed E-state index contributed by atoms with van der Waals surface area (Å²) < 4.78 is 10.7. The molecule has 1 N–H and O–H groups in total. The van der Waals surface area contributed by atoms with Crippen LogP contribution in [0.15, 0.2) is 12.1 Å². The van der Waals surface area contributed by atoms with Gasteiger partial charge in [-0.05, 0) is 68.0 Å². The molecule has 1 heterocycles. The summed E-state index contributed by atoms with van der Waals surface area (Å²) in [6.07, 6.45) is 3.32. The van der Waals surface area contributed by atoms with Crippen LogP contribution in [-0.2, 0) is 11.3 Å². The monoisotopic (exact) mass is 332 g/mol. The number of nitrogens with one attached hydrogen (secondary N) is 1. The summed E-state index contributed by atoms with van der Waals surface area (Å²) in [4.78, 5) is 14.7. The van der Waals surface area contributed by atoms with Gasteiger partial charge in [-0.25, -0.2) is 0 Å². The highest BCUT2D eigenvalue weighted by Gasteiger charge is 2.58. The van der Waals surface area contributed by atoms with Gasteiger partial charge in [0.2, 0.25) is 5.91 Å². The third-order valence-electron chi connectivity index (χ3n) is 5.71. The Hall–Kier alpha value is -1.75. The average Bonchev–Trinajstić information content (AvgIpc) is 3.28. The van der Waals surface area contributed by atoms with Crippen LogP contribution in [0.4, 0.5) is 0 Å². The molecule has 5 heteroatoms. The van der Waals surface area contributed by atoms with Crippen LogP contribution >= 0.6 is 0 Å². The van der Waals surface area contributed by atoms with Crippen LogP contribution in [0.3, 0.4) is 0 Å². The number of amides is 1. The van der Waals surface area contributed by atoms with Gasteiger partial charge in [-0.15, -0.1) is 0 Å². The van der Waals surface area contributed by atoms with Crippen molar-refractivity contribution in [1.29, 1.82) is 0 Å². The van der Waals surface area contributed by atoms with E-state index in [1.165, 1.54) is 0 Å². The number of methoxy groups -OCH3 is 2. The van der Waals surface area contributed by atoms with Crippen LogP contribution in [0.2, 0.25) is 0 Å². The molecule has 1 aromatic carbocycles. The Morgan fingerprint density at radius 1 is 1.25 bits per heavy atom. The normalized spacial score (nSPS) is 21.4. The average molecular weight is 332 g/mol. The Morgan fingerprint density at radius 3 is 2.50 bits per heavy atom. The van der Waals surface area contributed by atoms with Crippen molar-refractivity contribution in [1.82, 2.24) is 10.2 Å². The van der Waals surface area contributed by atoms with Crippen LogP contribution in [0.5, 0.6) is 11.5 Å². The largest absolute Gasteiger partial charge is 0.493 e. The quantitative estimate of drug-likeness (QED) is 0.899. The van der Waals surface area contributed by atoms with E-state index in [4.69, 9.17) is 9.47 Å². The highest BCUT2D eigenvalue weighted by atomic mass is 16.5. The fourth-order valence-electron chi connectivity index (χ4n) is 3.97. The number of piperidine rings is 1. The van der Waals surface area contributed by atoms with Crippen LogP contribution in [0.25, 0.3) is 0 Å². The maximum Gasteiger partial charge on any atom is 0.226 e. The first kappa shape index (κ1) is 17.1. The van der Waals surface area contributed by atoms with E-state index in [0.717, 1.165) is 49.2 Å². The van der Waals surface area contributed by atoms with Gasteiger partial charge >= 0.3 is 0 Å². The maximum absolute atomic E-state index is 12.8. The Kier molecular flexibility index (Phi) is 4.72. The molecule has 0 aromatic heterocycles. The van der Waals surface area contributed by atoms with Gasteiger partial charge in [0.1, 0.15) is 0 Å². The Morgan fingerprint density at radius 2 is 1.88 bits per heavy atom. The van der Waals surface area contributed by atoms with E-state index in [9.17, 15) is 4.79 Å². The van der Waals surface area contributed by atoms with E-state index >= 15 is 0 Å². The summed E-state index contributed by atoms with van der Waals surface area (Å²) in [5.41, 5.74) is 2.49. The molecule has 1 saturated heterocycles. The number of benzene rings is 1. The van der Waals surface area contributed by atoms with Gasteiger partial charge < -0.3 is 19.7 Å². The Balaban J connectivity index is 1.69. The van der Waals surface area contributed by atoms with Crippen molar-refractivity contribution in [2.75, 3.05) is 34.4 Å². The number of hydrogen-bond donors (Lipinski definition) is 1. The number of rotatable bonds is 5. The molecule has 1 amide bonds. The SMILES string of the molecule is COc1cc(C)c(CN(C)C(=O)C2CC23CCNCC3)cc1OC. The van der Waals surface area contributed by atoms with Crippen LogP contribution in [0, 0.1) is 18.3 Å². The number of hydrogen-bond acceptors (Lipinski definition) is 4. The second-order valence-electron chi connectivity index (χ2n) is 7.20. The van der Waals surface area contributed by atoms with Gasteiger partial charge in [-0.3, -0.25) is 4.79 Å². The van der Waals surface area contributed by atoms with Crippen LogP contribution < -0.4 is 14.8 Å². The van der Waals surface area contributed by atoms with Crippen molar-refractivity contribution in [3.63, 3.8) is 0 Å². The molecule has 24 heavy (non-hydrogen) atoms. The van der Waals surface area contributed by atoms with E-state index in [2.05, 4.69) is 5.32 Å². The summed E-state index contributed by atoms with van der Waals surface area (Å²) in [5.74, 6) is 1.93. The molecule has 0 bridgehead atoms. The lowest BCUT2D eigenvalue weighted by Crippen LogP contribution is -2.34. The molecule has 1 aliphatic carbocycles. The lowest BCUT2D eigenvalue weighted by atomic mass is 9.91. The van der Waals surface area contributed by atoms with Crippen molar-refractivity contribution in [3.8, 4) is 11.5 Å². The molecule has 0 radical (unpaired) electrons. The van der Waals surface area contributed by atoms with E-state index in [0.29, 0.717) is 12.3 Å². The van der Waals surface area contributed by atoms with E-state index < -0.39 is 0 Å². The highest BCUT2D eigenvalue weighted by Crippen LogP contribution is 2.59. The third kappa shape index (κ3) is 3.09. The summed E-state index contributed by atoms with van der Waals surface area (Å²) in [6, 6.07) is 3.95. The highest BCUT2D eigenvalue weighted by molar-refractivity contribution is 5.82. The van der Waals surface area contributed by atoms with Crippen LogP contribution in [0.1, 0.15) is 30.4 Å². The predicted molar refractivity (Wildman–Crippen MR) is 93.4 cm³/mol. The number of nitrogens with zero attached hydrogens (tertiary/aromatic N) is 1. The lowest BCUT2D eigenvalue weighted by Gasteiger charge is -2.25. The van der Waals surface area contributed by atoms with Crippen molar-refractivity contribution in [2.24, 2.45) is 11.3 Å². The Labute approximate surface area is 144 Å². The molecule has 1 spiro atoms. The molecular formula is C19H28N2O3. The zero-order valence-corrected chi connectivity index (χ0v) is 15.1. The molecule has 1 unspecified atom stereocenters. The molecule has 1 saturated carbocycles. The molecule has 132 valence electrons. The summed E-state index contributed by atoms with van der Waals surface area (Å²) in [6.45, 7) is 4.74. The number of carbonyl (C=O) groups excluding carboxylic acids is 1. The molecule has 1 aromatic rings. The van der Waals surface area contributed by atoms with E-state index in [1.807, 2.05) is 31.0 Å². The first-order valence-corrected chi connectivity index (χ1v) is 8.68. The second kappa shape index (κ2) is 6.63. The molecule has 2 aliphatic rings. The minimum atomic E-state index is 0.213. The molecule has 1 atom stereocenters. The molecule has 2 fully saturated rings. The summed E-state index contributed by atoms with van der Waals surface area (Å²) in [7, 11) is 5.18. The van der Waals surface area contributed by atoms with Crippen molar-refractivity contribution in [2.45, 2.75) is 32.7 Å². The zero-order chi connectivity index (χ0) is 17.3. The first-order chi connectivity index (χ1) is 11.5. The van der Waals surface area contributed by atoms with E-state index in [-0.39, 0.29) is 17.2 Å². The fraction of sp³-hybridized carbons (Fsp3) is 0.632. The van der Waals surface area contributed by atoms with Gasteiger partial charge in [0, 0.05) is 19.5 Å². The van der Waals surface area contributed by atoms with Gasteiger partial charge in [-0.2, -0.15) is 0 Å². The smallest absolute Gasteiger partial charge is 0.226 e. The fourth-order valence-corrected chi connectivity index (χ4v) is 3.97. The summed E-state index contributed by atoms with van der Waals surface area (Å²) >= 11 is 0. The zero-order valence-electron chi connectivity index (χ0n) is 15.1. The molecule has 5 nitrogen and oxygen atoms in total. The molecule has 3 rings (SSSR count). The van der Waals surface area contributed by atoms with Crippen molar-refractivity contribution >= 4 is 5.91 Å². The second-order valence-corrected chi connectivity index (χ2v) is 7.20.